The number of hydrogen-bond acceptors (Lipinski definition) is 10. The molecule has 3 aromatic rings. The van der Waals surface area contributed by atoms with E-state index in [1.807, 2.05) is 31.6 Å². The maximum absolute atomic E-state index is 6.19. The van der Waals surface area contributed by atoms with E-state index in [0.29, 0.717) is 42.0 Å². The molecule has 3 atom stereocenters. The molecule has 0 bridgehead atoms. The summed E-state index contributed by atoms with van der Waals surface area (Å²) in [5.41, 5.74) is 8.90. The van der Waals surface area contributed by atoms with Gasteiger partial charge in [0.25, 0.3) is 0 Å². The molecule has 10 heteroatoms. The van der Waals surface area contributed by atoms with Gasteiger partial charge in [-0.2, -0.15) is 11.8 Å². The van der Waals surface area contributed by atoms with Crippen LogP contribution in [0.1, 0.15) is 12.0 Å². The summed E-state index contributed by atoms with van der Waals surface area (Å²) < 4.78 is 23.2. The number of nitrogens with one attached hydrogen (secondary N) is 1. The summed E-state index contributed by atoms with van der Waals surface area (Å²) >= 11 is 1.75. The summed E-state index contributed by atoms with van der Waals surface area (Å²) in [6.07, 6.45) is 8.01. The number of methoxy groups -OCH3 is 1. The van der Waals surface area contributed by atoms with Crippen molar-refractivity contribution in [2.45, 2.75) is 31.7 Å². The standard InChI is InChI=1S/C21H23N5O4.C2H6S/c1-11-17-14(8-12(22)18(11)27-2)24-10-25-20(17)26-13-4-3-6-23-21(13)30-16-9-29-15-5-7-28-19(15)16;1-3-2/h3-4,6,8,10,15-16,19H,5,7,9,22H2,1-2H3,(H,24,25,26);1-2H3/t15-,16?,19+;/m1./s1. The molecule has 0 amide bonds. The molecule has 0 aliphatic carbocycles. The quantitative estimate of drug-likeness (QED) is 0.535. The van der Waals surface area contributed by atoms with Gasteiger partial charge in [-0.05, 0) is 44.1 Å². The highest BCUT2D eigenvalue weighted by atomic mass is 32.2. The molecule has 0 spiro atoms. The van der Waals surface area contributed by atoms with E-state index in [9.17, 15) is 0 Å². The Morgan fingerprint density at radius 3 is 2.82 bits per heavy atom. The lowest BCUT2D eigenvalue weighted by atomic mass is 10.1. The van der Waals surface area contributed by atoms with Gasteiger partial charge in [0.05, 0.1) is 31.0 Å². The summed E-state index contributed by atoms with van der Waals surface area (Å²) in [5.74, 6) is 1.69. The average molecular weight is 472 g/mol. The summed E-state index contributed by atoms with van der Waals surface area (Å²) in [6, 6.07) is 5.51. The molecule has 2 fully saturated rings. The number of fused-ring (bicyclic) bond motifs is 2. The van der Waals surface area contributed by atoms with Crippen molar-refractivity contribution in [1.82, 2.24) is 15.0 Å². The van der Waals surface area contributed by atoms with E-state index < -0.39 is 0 Å². The van der Waals surface area contributed by atoms with Crippen LogP contribution in [0.15, 0.2) is 30.7 Å². The van der Waals surface area contributed by atoms with E-state index in [2.05, 4.69) is 20.3 Å². The molecule has 1 aromatic carbocycles. The number of rotatable bonds is 5. The zero-order valence-electron chi connectivity index (χ0n) is 19.2. The number of nitrogens with zero attached hydrogens (tertiary/aromatic N) is 3. The zero-order valence-corrected chi connectivity index (χ0v) is 20.0. The largest absolute Gasteiger partial charge is 0.494 e. The van der Waals surface area contributed by atoms with Crippen LogP contribution in [0.5, 0.6) is 11.6 Å². The van der Waals surface area contributed by atoms with Gasteiger partial charge in [0.1, 0.15) is 29.7 Å². The molecule has 2 saturated heterocycles. The van der Waals surface area contributed by atoms with Crippen LogP contribution in [0.4, 0.5) is 17.2 Å². The summed E-state index contributed by atoms with van der Waals surface area (Å²) in [5, 5.41) is 4.17. The van der Waals surface area contributed by atoms with Gasteiger partial charge in [0.15, 0.2) is 6.10 Å². The number of nitrogen functional groups attached to an aromatic ring is 1. The first-order chi connectivity index (χ1) is 16.1. The average Bonchev–Trinajstić information content (AvgIpc) is 3.41. The van der Waals surface area contributed by atoms with Crippen molar-refractivity contribution in [3.8, 4) is 11.6 Å². The number of hydrogen-bond donors (Lipinski definition) is 2. The number of pyridine rings is 1. The normalized spacial score (nSPS) is 21.3. The summed E-state index contributed by atoms with van der Waals surface area (Å²) in [4.78, 5) is 13.2. The third-order valence-corrected chi connectivity index (χ3v) is 5.56. The Morgan fingerprint density at radius 2 is 2.03 bits per heavy atom. The van der Waals surface area contributed by atoms with Crippen molar-refractivity contribution in [2.75, 3.05) is 43.9 Å². The molecule has 33 heavy (non-hydrogen) atoms. The summed E-state index contributed by atoms with van der Waals surface area (Å²) in [7, 11) is 1.59. The topological polar surface area (TPSA) is 114 Å². The van der Waals surface area contributed by atoms with Crippen molar-refractivity contribution in [1.29, 1.82) is 0 Å². The van der Waals surface area contributed by atoms with Crippen LogP contribution < -0.4 is 20.5 Å². The number of aromatic nitrogens is 3. The number of nitrogens with two attached hydrogens (primary N) is 1. The second-order valence-electron chi connectivity index (χ2n) is 7.78. The van der Waals surface area contributed by atoms with Crippen molar-refractivity contribution in [3.05, 3.63) is 36.3 Å². The molecular weight excluding hydrogens is 442 g/mol. The first kappa shape index (κ1) is 23.3. The molecule has 2 aliphatic heterocycles. The lowest BCUT2D eigenvalue weighted by Gasteiger charge is -2.20. The van der Waals surface area contributed by atoms with Gasteiger partial charge in [-0.15, -0.1) is 0 Å². The third-order valence-electron chi connectivity index (χ3n) is 5.56. The van der Waals surface area contributed by atoms with Gasteiger partial charge in [0, 0.05) is 23.8 Å². The summed E-state index contributed by atoms with van der Waals surface area (Å²) in [6.45, 7) is 3.11. The van der Waals surface area contributed by atoms with Gasteiger partial charge in [-0.3, -0.25) is 0 Å². The van der Waals surface area contributed by atoms with Gasteiger partial charge in [0.2, 0.25) is 5.88 Å². The minimum Gasteiger partial charge on any atom is -0.494 e. The number of benzene rings is 1. The van der Waals surface area contributed by atoms with Crippen LogP contribution in [-0.4, -0.2) is 66.1 Å². The molecule has 1 unspecified atom stereocenters. The van der Waals surface area contributed by atoms with Crippen molar-refractivity contribution in [3.63, 3.8) is 0 Å². The molecule has 3 N–H and O–H groups in total. The lowest BCUT2D eigenvalue weighted by molar-refractivity contribution is 0.0293. The number of thioether (sulfide) groups is 1. The Bertz CT molecular complexity index is 1120. The second kappa shape index (κ2) is 10.4. The van der Waals surface area contributed by atoms with E-state index in [4.69, 9.17) is 24.7 Å². The van der Waals surface area contributed by atoms with Crippen LogP contribution in [0, 0.1) is 6.92 Å². The Hall–Kier alpha value is -2.82. The van der Waals surface area contributed by atoms with E-state index in [1.54, 1.807) is 31.1 Å². The van der Waals surface area contributed by atoms with Gasteiger partial charge in [-0.25, -0.2) is 15.0 Å². The fraction of sp³-hybridized carbons (Fsp3) is 0.435. The fourth-order valence-corrected chi connectivity index (χ4v) is 4.17. The molecule has 9 nitrogen and oxygen atoms in total. The number of aryl methyl sites for hydroxylation is 1. The minimum absolute atomic E-state index is 0.0609. The van der Waals surface area contributed by atoms with E-state index in [0.717, 1.165) is 22.9 Å². The van der Waals surface area contributed by atoms with E-state index >= 15 is 0 Å². The molecule has 176 valence electrons. The Morgan fingerprint density at radius 1 is 1.21 bits per heavy atom. The van der Waals surface area contributed by atoms with Gasteiger partial charge in [-0.1, -0.05) is 0 Å². The molecule has 0 radical (unpaired) electrons. The molecule has 2 aromatic heterocycles. The molecule has 5 rings (SSSR count). The van der Waals surface area contributed by atoms with Crippen LogP contribution in [0.25, 0.3) is 10.9 Å². The minimum atomic E-state index is -0.197. The fourth-order valence-electron chi connectivity index (χ4n) is 4.17. The number of ether oxygens (including phenoxy) is 4. The highest BCUT2D eigenvalue weighted by molar-refractivity contribution is 7.97. The van der Waals surface area contributed by atoms with Crippen LogP contribution in [0.3, 0.4) is 0 Å². The van der Waals surface area contributed by atoms with Gasteiger partial charge < -0.3 is 30.0 Å². The van der Waals surface area contributed by atoms with Crippen molar-refractivity contribution in [2.24, 2.45) is 0 Å². The Balaban J connectivity index is 0.000000821. The van der Waals surface area contributed by atoms with Crippen molar-refractivity contribution < 1.29 is 18.9 Å². The maximum Gasteiger partial charge on any atom is 0.238 e. The SMILES string of the molecule is COc1c(N)cc2ncnc(Nc3cccnc3OC3CO[C@@H]4CCO[C@H]34)c2c1C.CSC. The van der Waals surface area contributed by atoms with Crippen LogP contribution >= 0.6 is 11.8 Å². The molecule has 0 saturated carbocycles. The zero-order chi connectivity index (χ0) is 23.4. The van der Waals surface area contributed by atoms with Crippen LogP contribution in [0.2, 0.25) is 0 Å². The first-order valence-corrected chi connectivity index (χ1v) is 12.3. The van der Waals surface area contributed by atoms with Crippen molar-refractivity contribution >= 4 is 39.9 Å². The molecular formula is C23H29N5O4S. The maximum atomic E-state index is 6.19. The highest BCUT2D eigenvalue weighted by Crippen LogP contribution is 2.37. The third kappa shape index (κ3) is 4.78. The first-order valence-electron chi connectivity index (χ1n) is 10.7. The smallest absolute Gasteiger partial charge is 0.238 e. The highest BCUT2D eigenvalue weighted by Gasteiger charge is 2.43. The van der Waals surface area contributed by atoms with E-state index in [1.165, 1.54) is 6.33 Å². The van der Waals surface area contributed by atoms with Gasteiger partial charge >= 0.3 is 0 Å². The molecule has 2 aliphatic rings. The predicted octanol–water partition coefficient (Wildman–Crippen LogP) is 3.58. The Kier molecular flexibility index (Phi) is 7.36. The number of anilines is 3. The monoisotopic (exact) mass is 471 g/mol. The Labute approximate surface area is 197 Å². The molecule has 4 heterocycles. The van der Waals surface area contributed by atoms with E-state index in [-0.39, 0.29) is 18.3 Å². The second-order valence-corrected chi connectivity index (χ2v) is 8.60. The lowest BCUT2D eigenvalue weighted by Crippen LogP contribution is -2.32. The van der Waals surface area contributed by atoms with Crippen LogP contribution in [-0.2, 0) is 9.47 Å². The predicted molar refractivity (Wildman–Crippen MR) is 131 cm³/mol.